The molecule has 0 radical (unpaired) electrons. The first-order valence-corrected chi connectivity index (χ1v) is 7.22. The summed E-state index contributed by atoms with van der Waals surface area (Å²) in [7, 11) is -3.30. The molecule has 0 bridgehead atoms. The van der Waals surface area contributed by atoms with Gasteiger partial charge in [-0.25, -0.2) is 8.42 Å². The topological polar surface area (TPSA) is 109 Å². The lowest BCUT2D eigenvalue weighted by molar-refractivity contribution is 0.0956. The molecule has 1 rings (SSSR count). The lowest BCUT2D eigenvalue weighted by Gasteiger charge is -2.06. The first-order valence-electron chi connectivity index (χ1n) is 5.39. The molecule has 0 aliphatic heterocycles. The molecule has 0 atom stereocenters. The number of nitrogens with one attached hydrogen (secondary N) is 1. The highest BCUT2D eigenvalue weighted by atomic mass is 32.2. The normalized spacial score (nSPS) is 11.2. The molecule has 0 saturated heterocycles. The molecule has 0 unspecified atom stereocenters. The largest absolute Gasteiger partial charge is 0.399 e. The number of aliphatic hydroxyl groups is 1. The van der Waals surface area contributed by atoms with Gasteiger partial charge in [-0.1, -0.05) is 0 Å². The molecule has 1 aromatic carbocycles. The standard InChI is InChI=1S/C11H16N2O4S/c12-10-3-1-9(2-4-10)11(15)13-5-7-18(16,17)8-6-14/h1-4,14H,5-8,12H2,(H,13,15). The summed E-state index contributed by atoms with van der Waals surface area (Å²) in [5.74, 6) is -0.826. The first-order chi connectivity index (χ1) is 8.44. The molecule has 0 aromatic heterocycles. The van der Waals surface area contributed by atoms with Crippen LogP contribution in [0.1, 0.15) is 10.4 Å². The molecule has 6 nitrogen and oxygen atoms in total. The second kappa shape index (κ2) is 6.36. The van der Waals surface area contributed by atoms with Gasteiger partial charge in [0.1, 0.15) is 0 Å². The Labute approximate surface area is 106 Å². The van der Waals surface area contributed by atoms with Gasteiger partial charge in [-0.05, 0) is 24.3 Å². The smallest absolute Gasteiger partial charge is 0.251 e. The number of anilines is 1. The minimum absolute atomic E-state index is 0.0194. The lowest BCUT2D eigenvalue weighted by atomic mass is 10.2. The highest BCUT2D eigenvalue weighted by Crippen LogP contribution is 2.04. The summed E-state index contributed by atoms with van der Waals surface area (Å²) in [6.07, 6.45) is 0. The lowest BCUT2D eigenvalue weighted by Crippen LogP contribution is -2.30. The van der Waals surface area contributed by atoms with Crippen LogP contribution in [-0.4, -0.2) is 44.1 Å². The van der Waals surface area contributed by atoms with E-state index in [0.717, 1.165) is 0 Å². The van der Waals surface area contributed by atoms with Crippen molar-refractivity contribution in [3.63, 3.8) is 0 Å². The molecular formula is C11H16N2O4S. The van der Waals surface area contributed by atoms with E-state index >= 15 is 0 Å². The second-order valence-electron chi connectivity index (χ2n) is 3.75. The zero-order valence-corrected chi connectivity index (χ0v) is 10.6. The third-order valence-corrected chi connectivity index (χ3v) is 3.90. The third-order valence-electron chi connectivity index (χ3n) is 2.27. The summed E-state index contributed by atoms with van der Waals surface area (Å²) in [6, 6.07) is 6.31. The maximum absolute atomic E-state index is 11.6. The van der Waals surface area contributed by atoms with Gasteiger partial charge in [0.2, 0.25) is 0 Å². The fourth-order valence-corrected chi connectivity index (χ4v) is 2.19. The summed E-state index contributed by atoms with van der Waals surface area (Å²) in [4.78, 5) is 11.6. The fraction of sp³-hybridized carbons (Fsp3) is 0.364. The number of hydrogen-bond acceptors (Lipinski definition) is 5. The van der Waals surface area contributed by atoms with Gasteiger partial charge in [-0.2, -0.15) is 0 Å². The van der Waals surface area contributed by atoms with E-state index in [4.69, 9.17) is 10.8 Å². The molecule has 0 aliphatic carbocycles. The van der Waals surface area contributed by atoms with E-state index in [-0.39, 0.29) is 24.0 Å². The van der Waals surface area contributed by atoms with Crippen molar-refractivity contribution in [3.8, 4) is 0 Å². The van der Waals surface area contributed by atoms with Gasteiger partial charge in [-0.15, -0.1) is 0 Å². The van der Waals surface area contributed by atoms with E-state index in [1.54, 1.807) is 24.3 Å². The number of benzene rings is 1. The predicted octanol–water partition coefficient (Wildman–Crippen LogP) is -0.594. The summed E-state index contributed by atoms with van der Waals surface area (Å²) in [6.45, 7) is -0.389. The van der Waals surface area contributed by atoms with Crippen molar-refractivity contribution in [1.82, 2.24) is 5.32 Å². The fourth-order valence-electron chi connectivity index (χ4n) is 1.30. The van der Waals surface area contributed by atoms with Crippen molar-refractivity contribution in [2.75, 3.05) is 30.4 Å². The van der Waals surface area contributed by atoms with Gasteiger partial charge >= 0.3 is 0 Å². The van der Waals surface area contributed by atoms with Gasteiger partial charge in [-0.3, -0.25) is 4.79 Å². The maximum Gasteiger partial charge on any atom is 0.251 e. The number of carbonyl (C=O) groups is 1. The Bertz CT molecular complexity index is 496. The van der Waals surface area contributed by atoms with Gasteiger partial charge in [0.15, 0.2) is 9.84 Å². The molecule has 0 spiro atoms. The predicted molar refractivity (Wildman–Crippen MR) is 68.9 cm³/mol. The number of sulfone groups is 1. The number of carbonyl (C=O) groups excluding carboxylic acids is 1. The van der Waals surface area contributed by atoms with E-state index in [9.17, 15) is 13.2 Å². The Balaban J connectivity index is 2.45. The SMILES string of the molecule is Nc1ccc(C(=O)NCCS(=O)(=O)CCO)cc1. The van der Waals surface area contributed by atoms with Crippen LogP contribution in [0.5, 0.6) is 0 Å². The molecule has 0 heterocycles. The van der Waals surface area contributed by atoms with Gasteiger partial charge in [0, 0.05) is 17.8 Å². The van der Waals surface area contributed by atoms with Gasteiger partial charge < -0.3 is 16.2 Å². The van der Waals surface area contributed by atoms with E-state index in [0.29, 0.717) is 11.3 Å². The summed E-state index contributed by atoms with van der Waals surface area (Å²) < 4.78 is 22.5. The van der Waals surface area contributed by atoms with E-state index < -0.39 is 16.4 Å². The number of nitrogen functional groups attached to an aromatic ring is 1. The molecule has 0 saturated carbocycles. The Morgan fingerprint density at radius 2 is 1.83 bits per heavy atom. The quantitative estimate of drug-likeness (QED) is 0.599. The van der Waals surface area contributed by atoms with Crippen molar-refractivity contribution in [3.05, 3.63) is 29.8 Å². The van der Waals surface area contributed by atoms with E-state index in [1.807, 2.05) is 0 Å². The molecule has 1 aromatic rings. The molecule has 0 fully saturated rings. The summed E-state index contributed by atoms with van der Waals surface area (Å²) in [5.41, 5.74) is 6.46. The molecule has 18 heavy (non-hydrogen) atoms. The van der Waals surface area contributed by atoms with Crippen molar-refractivity contribution in [1.29, 1.82) is 0 Å². The average Bonchev–Trinajstić information content (AvgIpc) is 2.29. The highest BCUT2D eigenvalue weighted by Gasteiger charge is 2.11. The zero-order valence-electron chi connectivity index (χ0n) is 9.80. The van der Waals surface area contributed by atoms with Crippen LogP contribution >= 0.6 is 0 Å². The Morgan fingerprint density at radius 3 is 2.39 bits per heavy atom. The van der Waals surface area contributed by atoms with Crippen LogP contribution in [0.3, 0.4) is 0 Å². The number of aliphatic hydroxyl groups excluding tert-OH is 1. The van der Waals surface area contributed by atoms with E-state index in [2.05, 4.69) is 5.32 Å². The number of amides is 1. The number of rotatable bonds is 6. The summed E-state index contributed by atoms with van der Waals surface area (Å²) in [5, 5.41) is 11.0. The third kappa shape index (κ3) is 4.72. The maximum atomic E-state index is 11.6. The van der Waals surface area contributed by atoms with Crippen LogP contribution in [0.2, 0.25) is 0 Å². The zero-order chi connectivity index (χ0) is 13.6. The Kier molecular flexibility index (Phi) is 5.11. The van der Waals surface area contributed by atoms with Gasteiger partial charge in [0.25, 0.3) is 5.91 Å². The highest BCUT2D eigenvalue weighted by molar-refractivity contribution is 7.91. The molecule has 7 heteroatoms. The van der Waals surface area contributed by atoms with Crippen LogP contribution < -0.4 is 11.1 Å². The van der Waals surface area contributed by atoms with Crippen LogP contribution in [0.25, 0.3) is 0 Å². The second-order valence-corrected chi connectivity index (χ2v) is 6.06. The minimum atomic E-state index is -3.30. The van der Waals surface area contributed by atoms with Crippen molar-refractivity contribution in [2.24, 2.45) is 0 Å². The average molecular weight is 272 g/mol. The Hall–Kier alpha value is -1.60. The van der Waals surface area contributed by atoms with Crippen molar-refractivity contribution < 1.29 is 18.3 Å². The molecule has 0 aliphatic rings. The minimum Gasteiger partial charge on any atom is -0.399 e. The molecule has 1 amide bonds. The van der Waals surface area contributed by atoms with Crippen LogP contribution in [0.4, 0.5) is 5.69 Å². The molecule has 4 N–H and O–H groups in total. The van der Waals surface area contributed by atoms with E-state index in [1.165, 1.54) is 0 Å². The Morgan fingerprint density at radius 1 is 1.22 bits per heavy atom. The van der Waals surface area contributed by atoms with Crippen molar-refractivity contribution in [2.45, 2.75) is 0 Å². The monoisotopic (exact) mass is 272 g/mol. The summed E-state index contributed by atoms with van der Waals surface area (Å²) >= 11 is 0. The van der Waals surface area contributed by atoms with Gasteiger partial charge in [0.05, 0.1) is 18.1 Å². The molecule has 100 valence electrons. The van der Waals surface area contributed by atoms with Crippen LogP contribution in [0.15, 0.2) is 24.3 Å². The number of hydrogen-bond donors (Lipinski definition) is 3. The molecular weight excluding hydrogens is 256 g/mol. The van der Waals surface area contributed by atoms with Crippen molar-refractivity contribution >= 4 is 21.4 Å². The first kappa shape index (κ1) is 14.5. The number of nitrogens with two attached hydrogens (primary N) is 1. The van der Waals surface area contributed by atoms with Crippen LogP contribution in [-0.2, 0) is 9.84 Å². The van der Waals surface area contributed by atoms with Crippen LogP contribution in [0, 0.1) is 0 Å².